The fraction of sp³-hybridized carbons (Fsp3) is 0.111. The van der Waals surface area contributed by atoms with Crippen molar-refractivity contribution in [1.29, 1.82) is 0 Å². The van der Waals surface area contributed by atoms with Crippen LogP contribution in [0, 0.1) is 0 Å². The summed E-state index contributed by atoms with van der Waals surface area (Å²) in [4.78, 5) is 38.5. The minimum absolute atomic E-state index is 0.313. The van der Waals surface area contributed by atoms with Crippen LogP contribution < -0.4 is 5.32 Å². The lowest BCUT2D eigenvalue weighted by molar-refractivity contribution is -0.119. The molecule has 0 aliphatic carbocycles. The number of imide groups is 1. The number of fused-ring (bicyclic) bond motifs is 1. The van der Waals surface area contributed by atoms with E-state index < -0.39 is 23.8 Å². The first-order valence-corrected chi connectivity index (χ1v) is 8.17. The molecule has 1 N–H and O–H groups in total. The van der Waals surface area contributed by atoms with Gasteiger partial charge < -0.3 is 5.32 Å². The number of benzene rings is 2. The average Bonchev–Trinajstić information content (AvgIpc) is 3.30. The number of nitrogens with one attached hydrogen (secondary N) is 1. The number of carbonyl (C=O) groups is 3. The molecule has 134 valence electrons. The van der Waals surface area contributed by atoms with Gasteiger partial charge in [-0.15, -0.1) is 5.10 Å². The van der Waals surface area contributed by atoms with Crippen molar-refractivity contribution in [1.82, 2.24) is 25.1 Å². The summed E-state index contributed by atoms with van der Waals surface area (Å²) in [5.74, 6) is -1.39. The molecule has 1 atom stereocenters. The van der Waals surface area contributed by atoms with Gasteiger partial charge in [-0.25, -0.2) is 4.68 Å². The lowest BCUT2D eigenvalue weighted by atomic mass is 10.1. The minimum atomic E-state index is -0.948. The Morgan fingerprint density at radius 1 is 1.00 bits per heavy atom. The maximum Gasteiger partial charge on any atom is 0.262 e. The first kappa shape index (κ1) is 16.6. The lowest BCUT2D eigenvalue weighted by Crippen LogP contribution is -2.45. The van der Waals surface area contributed by atoms with Gasteiger partial charge in [0, 0.05) is 5.69 Å². The number of aromatic nitrogens is 4. The third kappa shape index (κ3) is 2.84. The van der Waals surface area contributed by atoms with Gasteiger partial charge in [-0.05, 0) is 53.7 Å². The smallest absolute Gasteiger partial charge is 0.262 e. The summed E-state index contributed by atoms with van der Waals surface area (Å²) in [6.07, 6.45) is 1.46. The third-order valence-corrected chi connectivity index (χ3v) is 4.34. The zero-order valence-electron chi connectivity index (χ0n) is 14.2. The van der Waals surface area contributed by atoms with Gasteiger partial charge in [-0.1, -0.05) is 12.1 Å². The highest BCUT2D eigenvalue weighted by atomic mass is 16.2. The zero-order chi connectivity index (χ0) is 19.0. The van der Waals surface area contributed by atoms with Crippen molar-refractivity contribution in [3.63, 3.8) is 0 Å². The van der Waals surface area contributed by atoms with Crippen LogP contribution in [0.5, 0.6) is 0 Å². The number of hydrogen-bond donors (Lipinski definition) is 1. The second kappa shape index (κ2) is 6.45. The van der Waals surface area contributed by atoms with E-state index in [2.05, 4.69) is 20.8 Å². The number of tetrazole rings is 1. The molecular formula is C18H14N6O3. The zero-order valence-corrected chi connectivity index (χ0v) is 14.2. The standard InChI is InChI=1S/C18H14N6O3/c1-11(24-17(26)14-4-2-3-5-15(14)18(24)27)16(25)20-12-6-8-13(9-7-12)23-10-19-21-22-23/h2-11H,1H3,(H,20,25)/t11-/m0/s1. The van der Waals surface area contributed by atoms with E-state index in [1.807, 2.05) is 0 Å². The number of rotatable bonds is 4. The number of anilines is 1. The van der Waals surface area contributed by atoms with E-state index in [0.717, 1.165) is 10.6 Å². The van der Waals surface area contributed by atoms with Crippen LogP contribution in [0.2, 0.25) is 0 Å². The van der Waals surface area contributed by atoms with Gasteiger partial charge in [0.2, 0.25) is 5.91 Å². The molecule has 4 rings (SSSR count). The van der Waals surface area contributed by atoms with Gasteiger partial charge in [0.25, 0.3) is 11.8 Å². The summed E-state index contributed by atoms with van der Waals surface area (Å²) < 4.78 is 1.48. The van der Waals surface area contributed by atoms with Crippen molar-refractivity contribution in [2.45, 2.75) is 13.0 Å². The molecule has 9 heteroatoms. The van der Waals surface area contributed by atoms with Crippen molar-refractivity contribution in [2.24, 2.45) is 0 Å². The van der Waals surface area contributed by atoms with Crippen molar-refractivity contribution in [3.05, 3.63) is 66.0 Å². The largest absolute Gasteiger partial charge is 0.324 e. The molecule has 3 amide bonds. The highest BCUT2D eigenvalue weighted by Gasteiger charge is 2.40. The summed E-state index contributed by atoms with van der Waals surface area (Å²) in [7, 11) is 0. The molecule has 3 aromatic rings. The maximum absolute atomic E-state index is 12.6. The van der Waals surface area contributed by atoms with Crippen LogP contribution in [-0.4, -0.2) is 48.9 Å². The number of amides is 3. The minimum Gasteiger partial charge on any atom is -0.324 e. The molecule has 0 fully saturated rings. The van der Waals surface area contributed by atoms with E-state index in [1.165, 1.54) is 17.9 Å². The Kier molecular flexibility index (Phi) is 3.96. The molecule has 2 heterocycles. The molecular weight excluding hydrogens is 348 g/mol. The average molecular weight is 362 g/mol. The molecule has 0 saturated heterocycles. The molecule has 0 bridgehead atoms. The molecule has 0 unspecified atom stereocenters. The van der Waals surface area contributed by atoms with Gasteiger partial charge in [0.15, 0.2) is 0 Å². The molecule has 1 aromatic heterocycles. The van der Waals surface area contributed by atoms with Crippen LogP contribution in [0.3, 0.4) is 0 Å². The van der Waals surface area contributed by atoms with Crippen LogP contribution in [-0.2, 0) is 4.79 Å². The first-order chi connectivity index (χ1) is 13.1. The molecule has 0 radical (unpaired) electrons. The Bertz CT molecular complexity index is 995. The third-order valence-electron chi connectivity index (χ3n) is 4.34. The molecule has 2 aromatic carbocycles. The topological polar surface area (TPSA) is 110 Å². The molecule has 9 nitrogen and oxygen atoms in total. The Morgan fingerprint density at radius 2 is 1.63 bits per heavy atom. The van der Waals surface area contributed by atoms with E-state index >= 15 is 0 Å². The van der Waals surface area contributed by atoms with Crippen LogP contribution >= 0.6 is 0 Å². The highest BCUT2D eigenvalue weighted by molar-refractivity contribution is 6.23. The van der Waals surface area contributed by atoms with E-state index in [9.17, 15) is 14.4 Å². The Hall–Kier alpha value is -3.88. The molecule has 27 heavy (non-hydrogen) atoms. The quantitative estimate of drug-likeness (QED) is 0.700. The van der Waals surface area contributed by atoms with Crippen LogP contribution in [0.4, 0.5) is 5.69 Å². The fourth-order valence-corrected chi connectivity index (χ4v) is 2.90. The van der Waals surface area contributed by atoms with Crippen molar-refractivity contribution >= 4 is 23.4 Å². The molecule has 0 spiro atoms. The van der Waals surface area contributed by atoms with E-state index in [-0.39, 0.29) is 0 Å². The Labute approximate surface area is 153 Å². The first-order valence-electron chi connectivity index (χ1n) is 8.17. The van der Waals surface area contributed by atoms with Crippen LogP contribution in [0.25, 0.3) is 5.69 Å². The summed E-state index contributed by atoms with van der Waals surface area (Å²) >= 11 is 0. The SMILES string of the molecule is C[C@@H](C(=O)Nc1ccc(-n2cnnn2)cc1)N1C(=O)c2ccccc2C1=O. The van der Waals surface area contributed by atoms with Crippen molar-refractivity contribution in [3.8, 4) is 5.69 Å². The van der Waals surface area contributed by atoms with Gasteiger partial charge >= 0.3 is 0 Å². The van der Waals surface area contributed by atoms with Crippen molar-refractivity contribution in [2.75, 3.05) is 5.32 Å². The number of hydrogen-bond acceptors (Lipinski definition) is 6. The van der Waals surface area contributed by atoms with Crippen LogP contribution in [0.1, 0.15) is 27.6 Å². The van der Waals surface area contributed by atoms with E-state index in [4.69, 9.17) is 0 Å². The number of carbonyl (C=O) groups excluding carboxylic acids is 3. The molecule has 0 saturated carbocycles. The van der Waals surface area contributed by atoms with Gasteiger partial charge in [0.1, 0.15) is 12.4 Å². The van der Waals surface area contributed by atoms with E-state index in [0.29, 0.717) is 16.8 Å². The Balaban J connectivity index is 1.49. The summed E-state index contributed by atoms with van der Waals surface area (Å²) in [5.41, 5.74) is 1.88. The predicted molar refractivity (Wildman–Crippen MR) is 94.2 cm³/mol. The van der Waals surface area contributed by atoms with E-state index in [1.54, 1.807) is 48.5 Å². The van der Waals surface area contributed by atoms with Crippen molar-refractivity contribution < 1.29 is 14.4 Å². The molecule has 1 aliphatic heterocycles. The summed E-state index contributed by atoms with van der Waals surface area (Å²) in [5, 5.41) is 13.6. The maximum atomic E-state index is 12.6. The normalized spacial score (nSPS) is 14.2. The predicted octanol–water partition coefficient (Wildman–Crippen LogP) is 1.29. The Morgan fingerprint density at radius 3 is 2.19 bits per heavy atom. The monoisotopic (exact) mass is 362 g/mol. The second-order valence-electron chi connectivity index (χ2n) is 5.99. The summed E-state index contributed by atoms with van der Waals surface area (Å²) in [6, 6.07) is 12.4. The van der Waals surface area contributed by atoms with Gasteiger partial charge in [-0.3, -0.25) is 19.3 Å². The van der Waals surface area contributed by atoms with Gasteiger partial charge in [0.05, 0.1) is 16.8 Å². The summed E-state index contributed by atoms with van der Waals surface area (Å²) in [6.45, 7) is 1.52. The molecule has 1 aliphatic rings. The second-order valence-corrected chi connectivity index (χ2v) is 5.99. The highest BCUT2D eigenvalue weighted by Crippen LogP contribution is 2.25. The number of nitrogens with zero attached hydrogens (tertiary/aromatic N) is 5. The van der Waals surface area contributed by atoms with Gasteiger partial charge in [-0.2, -0.15) is 0 Å². The van der Waals surface area contributed by atoms with Crippen LogP contribution in [0.15, 0.2) is 54.9 Å². The lowest BCUT2D eigenvalue weighted by Gasteiger charge is -2.21. The fourth-order valence-electron chi connectivity index (χ4n) is 2.90.